The molecule has 0 bridgehead atoms. The second kappa shape index (κ2) is 6.39. The molecule has 0 saturated carbocycles. The zero-order chi connectivity index (χ0) is 17.5. The molecular formula is C19H21N5OS. The third-order valence-corrected chi connectivity index (χ3v) is 6.40. The van der Waals surface area contributed by atoms with Crippen LogP contribution < -0.4 is 4.90 Å². The van der Waals surface area contributed by atoms with Gasteiger partial charge in [0.25, 0.3) is 0 Å². The van der Waals surface area contributed by atoms with Crippen LogP contribution in [0.5, 0.6) is 0 Å². The molecule has 7 heteroatoms. The first-order valence-electron chi connectivity index (χ1n) is 9.19. The fourth-order valence-electron chi connectivity index (χ4n) is 4.11. The summed E-state index contributed by atoms with van der Waals surface area (Å²) < 4.78 is 5.87. The van der Waals surface area contributed by atoms with E-state index in [1.54, 1.807) is 17.9 Å². The van der Waals surface area contributed by atoms with E-state index in [0.717, 1.165) is 62.6 Å². The molecule has 1 N–H and O–H groups in total. The molecule has 3 aromatic rings. The molecule has 1 amide bonds. The Morgan fingerprint density at radius 3 is 2.92 bits per heavy atom. The number of carbonyl (C=O) groups is 1. The Balaban J connectivity index is 1.25. The van der Waals surface area contributed by atoms with Gasteiger partial charge in [-0.2, -0.15) is 4.37 Å². The van der Waals surface area contributed by atoms with E-state index < -0.39 is 0 Å². The molecule has 1 aliphatic heterocycles. The van der Waals surface area contributed by atoms with Crippen LogP contribution in [0.3, 0.4) is 0 Å². The van der Waals surface area contributed by atoms with Gasteiger partial charge in [0.15, 0.2) is 0 Å². The van der Waals surface area contributed by atoms with Crippen LogP contribution in [-0.2, 0) is 17.6 Å². The summed E-state index contributed by atoms with van der Waals surface area (Å²) in [5.41, 5.74) is 2.27. The number of aromatic nitrogens is 3. The Morgan fingerprint density at radius 1 is 1.19 bits per heavy atom. The summed E-state index contributed by atoms with van der Waals surface area (Å²) in [5.74, 6) is 1.46. The highest BCUT2D eigenvalue weighted by Gasteiger charge is 2.31. The van der Waals surface area contributed by atoms with Gasteiger partial charge in [0, 0.05) is 49.6 Å². The predicted molar refractivity (Wildman–Crippen MR) is 103 cm³/mol. The van der Waals surface area contributed by atoms with Crippen LogP contribution in [0, 0.1) is 5.92 Å². The number of hydrogen-bond donors (Lipinski definition) is 1. The van der Waals surface area contributed by atoms with Crippen molar-refractivity contribution in [3.8, 4) is 0 Å². The smallest absolute Gasteiger partial charge is 0.226 e. The monoisotopic (exact) mass is 367 g/mol. The molecule has 1 aliphatic carbocycles. The fourth-order valence-corrected chi connectivity index (χ4v) is 4.90. The molecule has 2 aliphatic rings. The number of nitrogens with one attached hydrogen (secondary N) is 1. The number of nitrogens with zero attached hydrogens (tertiary/aromatic N) is 4. The molecule has 1 saturated heterocycles. The first kappa shape index (κ1) is 15.8. The maximum Gasteiger partial charge on any atom is 0.226 e. The SMILES string of the molecule is O=C([C@H]1CCc2nc[nH]c2C1)N1CCN(c2nsc3ccccc23)CC1. The van der Waals surface area contributed by atoms with E-state index in [2.05, 4.69) is 43.5 Å². The van der Waals surface area contributed by atoms with Crippen LogP contribution >= 0.6 is 11.5 Å². The molecule has 5 rings (SSSR count). The van der Waals surface area contributed by atoms with E-state index in [1.807, 2.05) is 4.90 Å². The average molecular weight is 367 g/mol. The van der Waals surface area contributed by atoms with Crippen molar-refractivity contribution in [1.82, 2.24) is 19.2 Å². The summed E-state index contributed by atoms with van der Waals surface area (Å²) in [7, 11) is 0. The third kappa shape index (κ3) is 2.67. The molecule has 1 atom stereocenters. The number of carbonyl (C=O) groups excluding carboxylic acids is 1. The largest absolute Gasteiger partial charge is 0.352 e. The van der Waals surface area contributed by atoms with Crippen LogP contribution in [0.1, 0.15) is 17.8 Å². The van der Waals surface area contributed by atoms with Gasteiger partial charge in [-0.1, -0.05) is 12.1 Å². The number of imidazole rings is 1. The van der Waals surface area contributed by atoms with E-state index in [-0.39, 0.29) is 5.92 Å². The first-order valence-corrected chi connectivity index (χ1v) is 9.96. The molecule has 1 fully saturated rings. The maximum absolute atomic E-state index is 12.9. The van der Waals surface area contributed by atoms with Crippen molar-refractivity contribution in [2.75, 3.05) is 31.1 Å². The second-order valence-electron chi connectivity index (χ2n) is 7.08. The number of fused-ring (bicyclic) bond motifs is 2. The zero-order valence-electron chi connectivity index (χ0n) is 14.5. The van der Waals surface area contributed by atoms with E-state index in [9.17, 15) is 4.79 Å². The summed E-state index contributed by atoms with van der Waals surface area (Å²) in [6, 6.07) is 8.36. The van der Waals surface area contributed by atoms with E-state index in [0.29, 0.717) is 5.91 Å². The molecule has 0 unspecified atom stereocenters. The van der Waals surface area contributed by atoms with Gasteiger partial charge < -0.3 is 14.8 Å². The van der Waals surface area contributed by atoms with Crippen LogP contribution in [0.2, 0.25) is 0 Å². The van der Waals surface area contributed by atoms with Crippen molar-refractivity contribution >= 4 is 33.3 Å². The van der Waals surface area contributed by atoms with E-state index in [4.69, 9.17) is 0 Å². The number of H-pyrrole nitrogens is 1. The molecule has 134 valence electrons. The predicted octanol–water partition coefficient (Wildman–Crippen LogP) is 2.47. The lowest BCUT2D eigenvalue weighted by Crippen LogP contribution is -2.51. The van der Waals surface area contributed by atoms with Gasteiger partial charge in [-0.05, 0) is 36.5 Å². The quantitative estimate of drug-likeness (QED) is 0.756. The highest BCUT2D eigenvalue weighted by molar-refractivity contribution is 7.13. The number of hydrogen-bond acceptors (Lipinski definition) is 5. The molecule has 0 radical (unpaired) electrons. The summed E-state index contributed by atoms with van der Waals surface area (Å²) in [6.45, 7) is 3.25. The van der Waals surface area contributed by atoms with Crippen molar-refractivity contribution in [3.05, 3.63) is 42.0 Å². The third-order valence-electron chi connectivity index (χ3n) is 5.59. The number of benzene rings is 1. The first-order chi connectivity index (χ1) is 12.8. The fraction of sp³-hybridized carbons (Fsp3) is 0.421. The minimum atomic E-state index is 0.0922. The summed E-state index contributed by atoms with van der Waals surface area (Å²) >= 11 is 1.55. The van der Waals surface area contributed by atoms with E-state index >= 15 is 0 Å². The van der Waals surface area contributed by atoms with Crippen molar-refractivity contribution in [2.24, 2.45) is 5.92 Å². The molecule has 1 aromatic carbocycles. The Morgan fingerprint density at radius 2 is 2.04 bits per heavy atom. The van der Waals surface area contributed by atoms with Crippen LogP contribution in [0.15, 0.2) is 30.6 Å². The topological polar surface area (TPSA) is 65.1 Å². The minimum absolute atomic E-state index is 0.0922. The van der Waals surface area contributed by atoms with Crippen molar-refractivity contribution in [2.45, 2.75) is 19.3 Å². The molecule has 3 heterocycles. The number of amides is 1. The number of anilines is 1. The van der Waals surface area contributed by atoms with Crippen molar-refractivity contribution in [3.63, 3.8) is 0 Å². The average Bonchev–Trinajstić information content (AvgIpc) is 3.34. The molecule has 26 heavy (non-hydrogen) atoms. The van der Waals surface area contributed by atoms with E-state index in [1.165, 1.54) is 10.1 Å². The van der Waals surface area contributed by atoms with Gasteiger partial charge in [0.1, 0.15) is 5.82 Å². The van der Waals surface area contributed by atoms with Crippen LogP contribution in [-0.4, -0.2) is 51.3 Å². The van der Waals surface area contributed by atoms with Gasteiger partial charge in [-0.15, -0.1) is 0 Å². The number of aromatic amines is 1. The normalized spacial score (nSPS) is 20.4. The Kier molecular flexibility index (Phi) is 3.89. The molecule has 0 spiro atoms. The van der Waals surface area contributed by atoms with Crippen molar-refractivity contribution in [1.29, 1.82) is 0 Å². The minimum Gasteiger partial charge on any atom is -0.352 e. The van der Waals surface area contributed by atoms with Gasteiger partial charge >= 0.3 is 0 Å². The molecular weight excluding hydrogens is 346 g/mol. The van der Waals surface area contributed by atoms with Crippen LogP contribution in [0.25, 0.3) is 10.1 Å². The lowest BCUT2D eigenvalue weighted by Gasteiger charge is -2.37. The Labute approximate surface area is 156 Å². The lowest BCUT2D eigenvalue weighted by molar-refractivity contribution is -0.136. The Bertz CT molecular complexity index is 940. The summed E-state index contributed by atoms with van der Waals surface area (Å²) in [5, 5.41) is 1.22. The van der Waals surface area contributed by atoms with Gasteiger partial charge in [0.2, 0.25) is 5.91 Å². The second-order valence-corrected chi connectivity index (χ2v) is 7.89. The Hall–Kier alpha value is -2.41. The number of aryl methyl sites for hydroxylation is 1. The maximum atomic E-state index is 12.9. The van der Waals surface area contributed by atoms with Gasteiger partial charge in [-0.3, -0.25) is 4.79 Å². The van der Waals surface area contributed by atoms with Crippen molar-refractivity contribution < 1.29 is 4.79 Å². The lowest BCUT2D eigenvalue weighted by atomic mass is 9.88. The zero-order valence-corrected chi connectivity index (χ0v) is 15.3. The number of piperazine rings is 1. The highest BCUT2D eigenvalue weighted by atomic mass is 32.1. The van der Waals surface area contributed by atoms with Gasteiger partial charge in [-0.25, -0.2) is 4.98 Å². The molecule has 2 aromatic heterocycles. The molecule has 6 nitrogen and oxygen atoms in total. The van der Waals surface area contributed by atoms with Crippen LogP contribution in [0.4, 0.5) is 5.82 Å². The summed E-state index contributed by atoms with van der Waals surface area (Å²) in [4.78, 5) is 24.8. The standard InChI is InChI=1S/C19H21N5OS/c25-19(13-5-6-15-16(11-13)21-12-20-15)24-9-7-23(8-10-24)18-14-3-1-2-4-17(14)26-22-18/h1-4,12-13H,5-11H2,(H,20,21)/t13-/m0/s1. The highest BCUT2D eigenvalue weighted by Crippen LogP contribution is 2.30. The number of rotatable bonds is 2. The van der Waals surface area contributed by atoms with Gasteiger partial charge in [0.05, 0.1) is 16.7 Å². The summed E-state index contributed by atoms with van der Waals surface area (Å²) in [6.07, 6.45) is 4.35.